The zero-order valence-electron chi connectivity index (χ0n) is 16.6. The maximum absolute atomic E-state index is 12.6. The molecule has 1 aromatic heterocycles. The van der Waals surface area contributed by atoms with Crippen molar-refractivity contribution in [2.75, 3.05) is 25.1 Å². The highest BCUT2D eigenvalue weighted by atomic mass is 16.5. The van der Waals surface area contributed by atoms with Gasteiger partial charge in [-0.15, -0.1) is 0 Å². The van der Waals surface area contributed by atoms with E-state index in [1.165, 1.54) is 6.42 Å². The van der Waals surface area contributed by atoms with E-state index in [0.717, 1.165) is 42.8 Å². The van der Waals surface area contributed by atoms with Crippen LogP contribution in [0, 0.1) is 0 Å². The predicted molar refractivity (Wildman–Crippen MR) is 108 cm³/mol. The molecule has 0 radical (unpaired) electrons. The summed E-state index contributed by atoms with van der Waals surface area (Å²) in [6.45, 7) is 5.12. The molecule has 3 heterocycles. The first-order valence-electron chi connectivity index (χ1n) is 10.0. The highest BCUT2D eigenvalue weighted by molar-refractivity contribution is 5.40. The number of benzene rings is 1. The van der Waals surface area contributed by atoms with Gasteiger partial charge in [-0.25, -0.2) is 4.98 Å². The van der Waals surface area contributed by atoms with Crippen molar-refractivity contribution in [2.45, 2.75) is 51.7 Å². The predicted octanol–water partition coefficient (Wildman–Crippen LogP) is 2.42. The number of hydrogen-bond donors (Lipinski definition) is 2. The molecular weight excluding hydrogens is 356 g/mol. The van der Waals surface area contributed by atoms with E-state index in [4.69, 9.17) is 9.72 Å². The van der Waals surface area contributed by atoms with Crippen molar-refractivity contribution in [1.82, 2.24) is 14.9 Å². The van der Waals surface area contributed by atoms with E-state index >= 15 is 0 Å². The van der Waals surface area contributed by atoms with Crippen molar-refractivity contribution in [1.29, 1.82) is 0 Å². The molecule has 1 fully saturated rings. The third-order valence-electron chi connectivity index (χ3n) is 5.90. The summed E-state index contributed by atoms with van der Waals surface area (Å²) >= 11 is 0. The number of piperidine rings is 1. The molecule has 1 atom stereocenters. The van der Waals surface area contributed by atoms with Crippen LogP contribution in [0.2, 0.25) is 0 Å². The molecule has 2 aliphatic heterocycles. The Labute approximate surface area is 165 Å². The fraction of sp³-hybridized carbons (Fsp3) is 0.524. The van der Waals surface area contributed by atoms with Crippen LogP contribution in [0.1, 0.15) is 43.0 Å². The summed E-state index contributed by atoms with van der Waals surface area (Å²) in [7, 11) is 1.58. The highest BCUT2D eigenvalue weighted by Gasteiger charge is 2.25. The van der Waals surface area contributed by atoms with E-state index in [1.807, 2.05) is 12.1 Å². The monoisotopic (exact) mass is 384 g/mol. The number of rotatable bonds is 4. The molecule has 7 heteroatoms. The van der Waals surface area contributed by atoms with Crippen molar-refractivity contribution in [2.24, 2.45) is 0 Å². The number of aromatic amines is 1. The van der Waals surface area contributed by atoms with Gasteiger partial charge in [-0.1, -0.05) is 6.07 Å². The van der Waals surface area contributed by atoms with Gasteiger partial charge in [-0.05, 0) is 38.7 Å². The zero-order chi connectivity index (χ0) is 19.7. The first-order chi connectivity index (χ1) is 13.5. The molecule has 1 saturated heterocycles. The molecule has 0 amide bonds. The number of nitrogens with one attached hydrogen (secondary N) is 1. The largest absolute Gasteiger partial charge is 0.507 e. The number of fused-ring (bicyclic) bond motifs is 1. The molecule has 150 valence electrons. The lowest BCUT2D eigenvalue weighted by Crippen LogP contribution is -2.41. The Hall–Kier alpha value is -2.54. The molecule has 7 nitrogen and oxygen atoms in total. The fourth-order valence-corrected chi connectivity index (χ4v) is 4.21. The number of nitrogens with zero attached hydrogens (tertiary/aromatic N) is 3. The molecule has 2 N–H and O–H groups in total. The molecular formula is C21H28N4O3. The van der Waals surface area contributed by atoms with Crippen molar-refractivity contribution in [3.8, 4) is 11.5 Å². The lowest BCUT2D eigenvalue weighted by Gasteiger charge is -2.35. The molecule has 4 rings (SSSR count). The summed E-state index contributed by atoms with van der Waals surface area (Å²) in [6.07, 6.45) is 4.16. The summed E-state index contributed by atoms with van der Waals surface area (Å²) in [5.74, 6) is 1.57. The molecule has 28 heavy (non-hydrogen) atoms. The smallest absolute Gasteiger partial charge is 0.255 e. The number of anilines is 1. The summed E-state index contributed by atoms with van der Waals surface area (Å²) in [5, 5.41) is 10.3. The Morgan fingerprint density at radius 2 is 2.18 bits per heavy atom. The average molecular weight is 384 g/mol. The number of hydrogen-bond acceptors (Lipinski definition) is 6. The number of phenolic OH excluding ortho intramolecular Hbond substituents is 1. The lowest BCUT2D eigenvalue weighted by molar-refractivity contribution is 0.237. The van der Waals surface area contributed by atoms with E-state index in [9.17, 15) is 9.90 Å². The molecule has 2 aromatic rings. The molecule has 0 aliphatic carbocycles. The number of aromatic hydroxyl groups is 1. The number of H-pyrrole nitrogens is 1. The topological polar surface area (TPSA) is 81.7 Å². The van der Waals surface area contributed by atoms with Gasteiger partial charge >= 0.3 is 0 Å². The van der Waals surface area contributed by atoms with E-state index < -0.39 is 0 Å². The van der Waals surface area contributed by atoms with Crippen molar-refractivity contribution < 1.29 is 9.84 Å². The first-order valence-corrected chi connectivity index (χ1v) is 10.0. The minimum absolute atomic E-state index is 0.00952. The molecule has 1 aromatic carbocycles. The van der Waals surface area contributed by atoms with Crippen LogP contribution < -0.4 is 15.2 Å². The second-order valence-electron chi connectivity index (χ2n) is 7.81. The van der Waals surface area contributed by atoms with Crippen molar-refractivity contribution in [3.63, 3.8) is 0 Å². The maximum Gasteiger partial charge on any atom is 0.255 e. The summed E-state index contributed by atoms with van der Waals surface area (Å²) in [6, 6.07) is 5.76. The fourth-order valence-electron chi connectivity index (χ4n) is 4.21. The Balaban J connectivity index is 1.55. The van der Waals surface area contributed by atoms with Gasteiger partial charge in [0.05, 0.1) is 12.8 Å². The van der Waals surface area contributed by atoms with Crippen molar-refractivity contribution >= 4 is 5.95 Å². The van der Waals surface area contributed by atoms with Gasteiger partial charge in [0.25, 0.3) is 5.56 Å². The van der Waals surface area contributed by atoms with Crippen LogP contribution >= 0.6 is 0 Å². The SMILES string of the molecule is COc1ccc(CN2CCc3c(nc(N4CCCCC4C)[nH]c3=O)C2)c(O)c1. The van der Waals surface area contributed by atoms with Gasteiger partial charge in [-0.2, -0.15) is 0 Å². The normalized spacial score (nSPS) is 20.1. The molecule has 0 spiro atoms. The summed E-state index contributed by atoms with van der Waals surface area (Å²) in [5.41, 5.74) is 2.49. The highest BCUT2D eigenvalue weighted by Crippen LogP contribution is 2.27. The quantitative estimate of drug-likeness (QED) is 0.843. The van der Waals surface area contributed by atoms with Gasteiger partial charge in [0.1, 0.15) is 11.5 Å². The summed E-state index contributed by atoms with van der Waals surface area (Å²) < 4.78 is 5.15. The lowest BCUT2D eigenvalue weighted by atomic mass is 10.0. The second-order valence-corrected chi connectivity index (χ2v) is 7.81. The average Bonchev–Trinajstić information content (AvgIpc) is 2.69. The molecule has 0 saturated carbocycles. The van der Waals surface area contributed by atoms with E-state index in [2.05, 4.69) is 21.7 Å². The minimum atomic E-state index is -0.00952. The van der Waals surface area contributed by atoms with Crippen molar-refractivity contribution in [3.05, 3.63) is 45.4 Å². The van der Waals surface area contributed by atoms with Crippen LogP contribution in [0.4, 0.5) is 5.95 Å². The second kappa shape index (κ2) is 7.83. The van der Waals surface area contributed by atoms with Gasteiger partial charge in [0.2, 0.25) is 5.95 Å². The maximum atomic E-state index is 12.6. The van der Waals surface area contributed by atoms with Gasteiger partial charge in [0, 0.05) is 49.4 Å². The van der Waals surface area contributed by atoms with Crippen LogP contribution in [-0.2, 0) is 19.5 Å². The van der Waals surface area contributed by atoms with Gasteiger partial charge < -0.3 is 14.7 Å². The first kappa shape index (κ1) is 18.8. The third kappa shape index (κ3) is 3.71. The zero-order valence-corrected chi connectivity index (χ0v) is 16.6. The Bertz CT molecular complexity index is 911. The Morgan fingerprint density at radius 3 is 2.93 bits per heavy atom. The number of methoxy groups -OCH3 is 1. The number of aromatic nitrogens is 2. The Kier molecular flexibility index (Phi) is 5.26. The third-order valence-corrected chi connectivity index (χ3v) is 5.90. The molecule has 0 bridgehead atoms. The molecule has 1 unspecified atom stereocenters. The van der Waals surface area contributed by atoms with E-state index in [1.54, 1.807) is 13.2 Å². The Morgan fingerprint density at radius 1 is 1.32 bits per heavy atom. The van der Waals surface area contributed by atoms with E-state index in [-0.39, 0.29) is 11.3 Å². The van der Waals surface area contributed by atoms with Gasteiger partial charge in [-0.3, -0.25) is 14.7 Å². The van der Waals surface area contributed by atoms with Crippen LogP contribution in [0.15, 0.2) is 23.0 Å². The number of phenols is 1. The van der Waals surface area contributed by atoms with Crippen LogP contribution in [0.5, 0.6) is 11.5 Å². The van der Waals surface area contributed by atoms with Crippen LogP contribution in [-0.4, -0.2) is 46.2 Å². The standard InChI is InChI=1S/C21H28N4O3/c1-14-5-3-4-9-25(14)21-22-18-13-24(10-8-17(18)20(27)23-21)12-15-6-7-16(28-2)11-19(15)26/h6-7,11,14,26H,3-5,8-10,12-13H2,1-2H3,(H,22,23,27). The minimum Gasteiger partial charge on any atom is -0.507 e. The molecule has 2 aliphatic rings. The number of ether oxygens (including phenoxy) is 1. The summed E-state index contributed by atoms with van der Waals surface area (Å²) in [4.78, 5) is 24.9. The van der Waals surface area contributed by atoms with Crippen LogP contribution in [0.25, 0.3) is 0 Å². The van der Waals surface area contributed by atoms with Gasteiger partial charge in [0.15, 0.2) is 0 Å². The van der Waals surface area contributed by atoms with Crippen LogP contribution in [0.3, 0.4) is 0 Å². The van der Waals surface area contributed by atoms with E-state index in [0.29, 0.717) is 37.3 Å².